The minimum absolute atomic E-state index is 0.228. The average molecular weight is 387 g/mol. The molecule has 0 amide bonds. The number of hydrogen-bond donors (Lipinski definition) is 2. The molecule has 1 fully saturated rings. The van der Waals surface area contributed by atoms with Gasteiger partial charge >= 0.3 is 0 Å². The van der Waals surface area contributed by atoms with Gasteiger partial charge in [0, 0.05) is 44.8 Å². The van der Waals surface area contributed by atoms with Crippen molar-refractivity contribution in [2.45, 2.75) is 32.0 Å². The van der Waals surface area contributed by atoms with Crippen molar-refractivity contribution >= 4 is 11.6 Å². The Hall–Kier alpha value is -2.68. The lowest BCUT2D eigenvalue weighted by atomic mass is 10.1. The second-order valence-electron chi connectivity index (χ2n) is 7.04. The molecule has 4 rings (SSSR count). The number of morpholine rings is 1. The van der Waals surface area contributed by atoms with Crippen molar-refractivity contribution in [1.82, 2.24) is 25.4 Å². The van der Waals surface area contributed by atoms with Crippen molar-refractivity contribution in [1.29, 1.82) is 0 Å². The summed E-state index contributed by atoms with van der Waals surface area (Å²) >= 11 is 0. The summed E-state index contributed by atoms with van der Waals surface area (Å²) in [5, 5.41) is 11.0. The van der Waals surface area contributed by atoms with E-state index in [-0.39, 0.29) is 11.9 Å². The summed E-state index contributed by atoms with van der Waals surface area (Å²) in [5.41, 5.74) is 1.95. The Balaban J connectivity index is 1.39. The topological polar surface area (TPSA) is 79.6 Å². The van der Waals surface area contributed by atoms with Gasteiger partial charge in [-0.2, -0.15) is 5.10 Å². The summed E-state index contributed by atoms with van der Waals surface area (Å²) in [6, 6.07) is 5.18. The Morgan fingerprint density at radius 3 is 3.04 bits per heavy atom. The monoisotopic (exact) mass is 387 g/mol. The van der Waals surface area contributed by atoms with Crippen LogP contribution in [0.5, 0.6) is 0 Å². The molecule has 1 aromatic carbocycles. The van der Waals surface area contributed by atoms with Gasteiger partial charge in [0.2, 0.25) is 0 Å². The minimum Gasteiger partial charge on any atom is -0.378 e. The quantitative estimate of drug-likeness (QED) is 0.600. The Labute approximate surface area is 163 Å². The number of nitrogens with one attached hydrogen (secondary N) is 2. The largest absolute Gasteiger partial charge is 0.378 e. The molecule has 1 atom stereocenters. The van der Waals surface area contributed by atoms with E-state index in [1.54, 1.807) is 19.4 Å². The molecule has 28 heavy (non-hydrogen) atoms. The highest BCUT2D eigenvalue weighted by Crippen LogP contribution is 2.23. The highest BCUT2D eigenvalue weighted by molar-refractivity contribution is 5.80. The number of halogens is 1. The van der Waals surface area contributed by atoms with Crippen molar-refractivity contribution in [3.63, 3.8) is 0 Å². The van der Waals surface area contributed by atoms with E-state index in [9.17, 15) is 4.39 Å². The SMILES string of the molecule is CN=C(NCc1cc(F)ccc1N1CCOCC1)NC1CCc2ncnn2C1. The first-order valence-corrected chi connectivity index (χ1v) is 9.68. The third-order valence-electron chi connectivity index (χ3n) is 5.21. The fraction of sp³-hybridized carbons (Fsp3) is 0.526. The van der Waals surface area contributed by atoms with Gasteiger partial charge in [-0.15, -0.1) is 0 Å². The molecule has 0 bridgehead atoms. The van der Waals surface area contributed by atoms with Gasteiger partial charge in [-0.1, -0.05) is 0 Å². The zero-order valence-corrected chi connectivity index (χ0v) is 16.1. The second kappa shape index (κ2) is 8.55. The number of guanidine groups is 1. The molecule has 1 aromatic heterocycles. The lowest BCUT2D eigenvalue weighted by Gasteiger charge is -2.31. The molecule has 0 spiro atoms. The standard InChI is InChI=1S/C19H26FN7O/c1-21-19(25-16-3-5-18-23-13-24-27(18)12-16)22-11-14-10-15(20)2-4-17(14)26-6-8-28-9-7-26/h2,4,10,13,16H,3,5-9,11-12H2,1H3,(H2,21,22,25). The number of aliphatic imine (C=N–C) groups is 1. The minimum atomic E-state index is -0.234. The van der Waals surface area contributed by atoms with Crippen LogP contribution in [0.2, 0.25) is 0 Å². The van der Waals surface area contributed by atoms with Gasteiger partial charge in [0.15, 0.2) is 5.96 Å². The fourth-order valence-electron chi connectivity index (χ4n) is 3.73. The van der Waals surface area contributed by atoms with Crippen molar-refractivity contribution in [2.24, 2.45) is 4.99 Å². The Morgan fingerprint density at radius 1 is 1.36 bits per heavy atom. The van der Waals surface area contributed by atoms with Gasteiger partial charge in [-0.25, -0.2) is 14.1 Å². The van der Waals surface area contributed by atoms with Crippen molar-refractivity contribution in [3.8, 4) is 0 Å². The number of ether oxygens (including phenoxy) is 1. The average Bonchev–Trinajstić information content (AvgIpc) is 3.19. The van der Waals surface area contributed by atoms with E-state index in [2.05, 4.69) is 30.6 Å². The first kappa shape index (κ1) is 18.7. The number of aryl methyl sites for hydroxylation is 1. The zero-order valence-electron chi connectivity index (χ0n) is 16.1. The Kier molecular flexibility index (Phi) is 5.70. The zero-order chi connectivity index (χ0) is 19.3. The summed E-state index contributed by atoms with van der Waals surface area (Å²) in [5.74, 6) is 1.49. The maximum Gasteiger partial charge on any atom is 0.191 e. The first-order chi connectivity index (χ1) is 13.7. The van der Waals surface area contributed by atoms with E-state index in [1.807, 2.05) is 10.7 Å². The molecule has 0 saturated carbocycles. The third-order valence-corrected chi connectivity index (χ3v) is 5.21. The number of aromatic nitrogens is 3. The molecule has 0 aliphatic carbocycles. The number of anilines is 1. The smallest absolute Gasteiger partial charge is 0.191 e. The van der Waals surface area contributed by atoms with E-state index in [1.165, 1.54) is 6.07 Å². The molecule has 8 nitrogen and oxygen atoms in total. The highest BCUT2D eigenvalue weighted by Gasteiger charge is 2.21. The van der Waals surface area contributed by atoms with Crippen LogP contribution in [0, 0.1) is 5.82 Å². The molecule has 0 radical (unpaired) electrons. The van der Waals surface area contributed by atoms with Crippen LogP contribution in [0.1, 0.15) is 17.8 Å². The van der Waals surface area contributed by atoms with E-state index in [0.29, 0.717) is 25.7 Å². The van der Waals surface area contributed by atoms with Crippen LogP contribution in [0.3, 0.4) is 0 Å². The molecular formula is C19H26FN7O. The molecular weight excluding hydrogens is 361 g/mol. The number of benzene rings is 1. The molecule has 9 heteroatoms. The molecule has 2 aliphatic heterocycles. The van der Waals surface area contributed by atoms with Crippen LogP contribution in [0.25, 0.3) is 0 Å². The molecule has 2 N–H and O–H groups in total. The van der Waals surface area contributed by atoms with Crippen molar-refractivity contribution < 1.29 is 9.13 Å². The summed E-state index contributed by atoms with van der Waals surface area (Å²) in [7, 11) is 1.74. The van der Waals surface area contributed by atoms with Gasteiger partial charge in [0.1, 0.15) is 18.0 Å². The Bertz CT molecular complexity index is 831. The molecule has 1 saturated heterocycles. The predicted octanol–water partition coefficient (Wildman–Crippen LogP) is 0.934. The molecule has 150 valence electrons. The lowest BCUT2D eigenvalue weighted by molar-refractivity contribution is 0.122. The van der Waals surface area contributed by atoms with Crippen LogP contribution in [0.15, 0.2) is 29.5 Å². The number of fused-ring (bicyclic) bond motifs is 1. The highest BCUT2D eigenvalue weighted by atomic mass is 19.1. The molecule has 1 unspecified atom stereocenters. The van der Waals surface area contributed by atoms with Crippen LogP contribution in [-0.4, -0.2) is 60.1 Å². The van der Waals surface area contributed by atoms with Gasteiger partial charge < -0.3 is 20.3 Å². The summed E-state index contributed by atoms with van der Waals surface area (Å²) < 4.78 is 21.2. The van der Waals surface area contributed by atoms with Gasteiger partial charge in [-0.05, 0) is 30.2 Å². The molecule has 2 aromatic rings. The third kappa shape index (κ3) is 4.24. The number of hydrogen-bond acceptors (Lipinski definition) is 5. The van der Waals surface area contributed by atoms with E-state index in [0.717, 1.165) is 49.6 Å². The summed E-state index contributed by atoms with van der Waals surface area (Å²) in [4.78, 5) is 10.8. The van der Waals surface area contributed by atoms with Gasteiger partial charge in [0.05, 0.1) is 19.8 Å². The lowest BCUT2D eigenvalue weighted by Crippen LogP contribution is -2.47. The van der Waals surface area contributed by atoms with E-state index >= 15 is 0 Å². The number of nitrogens with zero attached hydrogens (tertiary/aromatic N) is 5. The van der Waals surface area contributed by atoms with Crippen molar-refractivity contribution in [3.05, 3.63) is 41.7 Å². The summed E-state index contributed by atoms with van der Waals surface area (Å²) in [6.07, 6.45) is 3.46. The van der Waals surface area contributed by atoms with Crippen molar-refractivity contribution in [2.75, 3.05) is 38.3 Å². The first-order valence-electron chi connectivity index (χ1n) is 9.68. The van der Waals surface area contributed by atoms with Gasteiger partial charge in [-0.3, -0.25) is 4.99 Å². The second-order valence-corrected chi connectivity index (χ2v) is 7.04. The van der Waals surface area contributed by atoms with E-state index < -0.39 is 0 Å². The van der Waals surface area contributed by atoms with Crippen LogP contribution in [-0.2, 0) is 24.2 Å². The maximum atomic E-state index is 13.9. The van der Waals surface area contributed by atoms with Crippen LogP contribution >= 0.6 is 0 Å². The van der Waals surface area contributed by atoms with Gasteiger partial charge in [0.25, 0.3) is 0 Å². The predicted molar refractivity (Wildman–Crippen MR) is 105 cm³/mol. The molecule has 2 aliphatic rings. The van der Waals surface area contributed by atoms with E-state index in [4.69, 9.17) is 4.74 Å². The van der Waals surface area contributed by atoms with Crippen LogP contribution in [0.4, 0.5) is 10.1 Å². The molecule has 3 heterocycles. The Morgan fingerprint density at radius 2 is 2.21 bits per heavy atom. The normalized spacial score (nSPS) is 20.0. The number of rotatable bonds is 4. The summed E-state index contributed by atoms with van der Waals surface area (Å²) in [6.45, 7) is 4.27. The maximum absolute atomic E-state index is 13.9. The van der Waals surface area contributed by atoms with Crippen LogP contribution < -0.4 is 15.5 Å². The fourth-order valence-corrected chi connectivity index (χ4v) is 3.73.